The lowest BCUT2D eigenvalue weighted by Gasteiger charge is -2.18. The molecule has 0 aromatic heterocycles. The largest absolute Gasteiger partial charge is 0.462 e. The first-order valence-corrected chi connectivity index (χ1v) is 33.0. The maximum Gasteiger partial charge on any atom is 0.306 e. The molecule has 0 saturated heterocycles. The predicted octanol–water partition coefficient (Wildman–Crippen LogP) is 22.4. The third kappa shape index (κ3) is 60.5. The van der Waals surface area contributed by atoms with Crippen LogP contribution in [0.4, 0.5) is 0 Å². The Kier molecular flexibility index (Phi) is 61.1. The quantitative estimate of drug-likeness (QED) is 0.0261. The van der Waals surface area contributed by atoms with Crippen LogP contribution in [0, 0.1) is 0 Å². The zero-order valence-electron chi connectivity index (χ0n) is 49.9. The second kappa shape index (κ2) is 63.2. The van der Waals surface area contributed by atoms with E-state index in [-0.39, 0.29) is 31.1 Å². The molecule has 0 saturated carbocycles. The van der Waals surface area contributed by atoms with Gasteiger partial charge in [0.2, 0.25) is 0 Å². The Bertz CT molecular complexity index is 1240. The minimum atomic E-state index is -0.778. The highest BCUT2D eigenvalue weighted by atomic mass is 16.6. The number of unbranched alkanes of at least 4 members (excludes halogenated alkanes) is 44. The van der Waals surface area contributed by atoms with Crippen molar-refractivity contribution in [3.05, 3.63) is 36.5 Å². The van der Waals surface area contributed by atoms with Crippen LogP contribution >= 0.6 is 0 Å². The lowest BCUT2D eigenvalue weighted by molar-refractivity contribution is -0.167. The van der Waals surface area contributed by atoms with Crippen molar-refractivity contribution in [2.45, 2.75) is 367 Å². The van der Waals surface area contributed by atoms with Gasteiger partial charge >= 0.3 is 17.9 Å². The van der Waals surface area contributed by atoms with E-state index in [0.29, 0.717) is 19.3 Å². The fourth-order valence-electron chi connectivity index (χ4n) is 9.84. The average molecular weight is 1040 g/mol. The zero-order valence-corrected chi connectivity index (χ0v) is 49.9. The van der Waals surface area contributed by atoms with E-state index < -0.39 is 6.10 Å². The van der Waals surface area contributed by atoms with Gasteiger partial charge in [0, 0.05) is 19.3 Å². The molecule has 0 radical (unpaired) electrons. The van der Waals surface area contributed by atoms with Gasteiger partial charge in [-0.2, -0.15) is 0 Å². The van der Waals surface area contributed by atoms with E-state index in [0.717, 1.165) is 70.6 Å². The maximum absolute atomic E-state index is 12.9. The Morgan fingerprint density at radius 3 is 0.703 bits per heavy atom. The summed E-state index contributed by atoms with van der Waals surface area (Å²) in [5.74, 6) is -0.872. The number of allylic oxidation sites excluding steroid dienone is 6. The molecule has 0 aromatic rings. The molecule has 0 aliphatic heterocycles. The van der Waals surface area contributed by atoms with Crippen LogP contribution in [-0.4, -0.2) is 37.2 Å². The van der Waals surface area contributed by atoms with Crippen LogP contribution in [0.5, 0.6) is 0 Å². The molecule has 1 atom stereocenters. The number of ether oxygens (including phenoxy) is 3. The number of rotatable bonds is 61. The first-order valence-electron chi connectivity index (χ1n) is 33.0. The minimum Gasteiger partial charge on any atom is -0.462 e. The van der Waals surface area contributed by atoms with E-state index in [1.165, 1.54) is 250 Å². The molecule has 1 unspecified atom stereocenters. The molecular formula is C68H126O6. The Morgan fingerprint density at radius 2 is 0.446 bits per heavy atom. The summed E-state index contributed by atoms with van der Waals surface area (Å²) in [6.45, 7) is 6.65. The first kappa shape index (κ1) is 71.6. The van der Waals surface area contributed by atoms with E-state index in [9.17, 15) is 14.4 Å². The van der Waals surface area contributed by atoms with Gasteiger partial charge in [0.25, 0.3) is 0 Å². The highest BCUT2D eigenvalue weighted by Crippen LogP contribution is 2.17. The molecule has 6 nitrogen and oxygen atoms in total. The van der Waals surface area contributed by atoms with Gasteiger partial charge in [-0.15, -0.1) is 0 Å². The zero-order chi connectivity index (χ0) is 53.6. The fraction of sp³-hybridized carbons (Fsp3) is 0.868. The Balaban J connectivity index is 4.14. The number of esters is 3. The lowest BCUT2D eigenvalue weighted by Crippen LogP contribution is -2.30. The molecule has 0 aromatic carbocycles. The molecule has 0 heterocycles. The highest BCUT2D eigenvalue weighted by molar-refractivity contribution is 5.71. The van der Waals surface area contributed by atoms with Crippen molar-refractivity contribution in [2.75, 3.05) is 13.2 Å². The monoisotopic (exact) mass is 1040 g/mol. The van der Waals surface area contributed by atoms with Crippen molar-refractivity contribution in [3.8, 4) is 0 Å². The average Bonchev–Trinajstić information content (AvgIpc) is 3.40. The van der Waals surface area contributed by atoms with Crippen LogP contribution < -0.4 is 0 Å². The van der Waals surface area contributed by atoms with Gasteiger partial charge in [0.1, 0.15) is 13.2 Å². The van der Waals surface area contributed by atoms with Gasteiger partial charge in [-0.05, 0) is 96.3 Å². The van der Waals surface area contributed by atoms with Crippen LogP contribution in [0.25, 0.3) is 0 Å². The molecule has 0 spiro atoms. The number of carbonyl (C=O) groups is 3. The second-order valence-corrected chi connectivity index (χ2v) is 22.4. The molecule has 0 N–H and O–H groups in total. The number of hydrogen-bond donors (Lipinski definition) is 0. The molecule has 434 valence electrons. The molecule has 0 fully saturated rings. The van der Waals surface area contributed by atoms with Gasteiger partial charge in [-0.25, -0.2) is 0 Å². The van der Waals surface area contributed by atoms with E-state index in [1.807, 2.05) is 0 Å². The lowest BCUT2D eigenvalue weighted by atomic mass is 10.0. The van der Waals surface area contributed by atoms with Crippen LogP contribution in [0.15, 0.2) is 36.5 Å². The molecule has 0 aliphatic carbocycles. The summed E-state index contributed by atoms with van der Waals surface area (Å²) in [7, 11) is 0. The normalized spacial score (nSPS) is 12.2. The summed E-state index contributed by atoms with van der Waals surface area (Å²) in [5, 5.41) is 0. The SMILES string of the molecule is CCCCC/C=C\CCCCCCCC(=O)OCC(COC(=O)CCCCCCCCCCCCCCCCCCC/C=C\CCCCCCCCCC)OC(=O)CCCCCCC/C=C\CCCCCCCC. The smallest absolute Gasteiger partial charge is 0.306 e. The summed E-state index contributed by atoms with van der Waals surface area (Å²) < 4.78 is 16.9. The molecule has 0 rings (SSSR count). The Labute approximate surface area is 461 Å². The van der Waals surface area contributed by atoms with E-state index in [4.69, 9.17) is 14.2 Å². The topological polar surface area (TPSA) is 78.9 Å². The molecule has 0 bridgehead atoms. The van der Waals surface area contributed by atoms with Crippen molar-refractivity contribution in [3.63, 3.8) is 0 Å². The van der Waals surface area contributed by atoms with Crippen molar-refractivity contribution >= 4 is 17.9 Å². The number of carbonyl (C=O) groups excluding carboxylic acids is 3. The molecule has 6 heteroatoms. The maximum atomic E-state index is 12.9. The van der Waals surface area contributed by atoms with E-state index in [1.54, 1.807) is 0 Å². The summed E-state index contributed by atoms with van der Waals surface area (Å²) in [5.41, 5.74) is 0. The molecular weight excluding hydrogens is 913 g/mol. The van der Waals surface area contributed by atoms with Crippen LogP contribution in [0.2, 0.25) is 0 Å². The Hall–Kier alpha value is -2.37. The summed E-state index contributed by atoms with van der Waals surface area (Å²) >= 11 is 0. The summed E-state index contributed by atoms with van der Waals surface area (Å²) in [4.78, 5) is 38.2. The fourth-order valence-corrected chi connectivity index (χ4v) is 9.84. The van der Waals surface area contributed by atoms with Gasteiger partial charge in [0.15, 0.2) is 6.10 Å². The van der Waals surface area contributed by atoms with Gasteiger partial charge in [-0.1, -0.05) is 282 Å². The van der Waals surface area contributed by atoms with E-state index in [2.05, 4.69) is 57.2 Å². The third-order valence-corrected chi connectivity index (χ3v) is 14.8. The van der Waals surface area contributed by atoms with Gasteiger partial charge in [-0.3, -0.25) is 14.4 Å². The van der Waals surface area contributed by atoms with Crippen LogP contribution in [0.1, 0.15) is 361 Å². The van der Waals surface area contributed by atoms with Gasteiger partial charge < -0.3 is 14.2 Å². The van der Waals surface area contributed by atoms with Crippen LogP contribution in [0.3, 0.4) is 0 Å². The minimum absolute atomic E-state index is 0.0744. The Morgan fingerprint density at radius 1 is 0.257 bits per heavy atom. The predicted molar refractivity (Wildman–Crippen MR) is 321 cm³/mol. The second-order valence-electron chi connectivity index (χ2n) is 22.4. The summed E-state index contributed by atoms with van der Waals surface area (Å²) in [6, 6.07) is 0. The molecule has 0 aliphatic rings. The standard InChI is InChI=1S/C68H126O6/c1-4-7-10-13-16-19-22-25-27-28-29-30-31-32-33-34-35-36-37-38-39-40-42-43-46-49-52-55-58-61-67(70)73-64-65(63-72-66(69)60-57-54-51-48-45-24-21-18-15-12-9-6-3)74-68(71)62-59-56-53-50-47-44-41-26-23-20-17-14-11-8-5-2/h18,21,26,28-29,41,65H,4-17,19-20,22-25,27,30-40,42-64H2,1-3H3/b21-18-,29-28-,41-26-. The first-order chi connectivity index (χ1) is 36.5. The van der Waals surface area contributed by atoms with E-state index >= 15 is 0 Å². The van der Waals surface area contributed by atoms with Crippen LogP contribution in [-0.2, 0) is 28.6 Å². The van der Waals surface area contributed by atoms with Crippen molar-refractivity contribution in [2.24, 2.45) is 0 Å². The highest BCUT2D eigenvalue weighted by Gasteiger charge is 2.19. The van der Waals surface area contributed by atoms with Crippen molar-refractivity contribution in [1.29, 1.82) is 0 Å². The van der Waals surface area contributed by atoms with Gasteiger partial charge in [0.05, 0.1) is 0 Å². The molecule has 74 heavy (non-hydrogen) atoms. The number of hydrogen-bond acceptors (Lipinski definition) is 6. The van der Waals surface area contributed by atoms with Crippen molar-refractivity contribution < 1.29 is 28.6 Å². The van der Waals surface area contributed by atoms with Crippen molar-refractivity contribution in [1.82, 2.24) is 0 Å². The third-order valence-electron chi connectivity index (χ3n) is 14.8. The summed E-state index contributed by atoms with van der Waals surface area (Å²) in [6.07, 6.45) is 77.4. The molecule has 0 amide bonds.